The zero-order valence-corrected chi connectivity index (χ0v) is 12.9. The van der Waals surface area contributed by atoms with Crippen LogP contribution in [0.3, 0.4) is 0 Å². The standard InChI is InChI=1S/C16H16F3N3O2/c1-2-10-4-3-5-11(6-10)24-12-8-22(9-12)15(23)13-7-14(21-20-13)16(17,18)19/h3-7,12H,2,8-9H2,1H3,(H,20,21). The average molecular weight is 339 g/mol. The Bertz CT molecular complexity index is 736. The summed E-state index contributed by atoms with van der Waals surface area (Å²) in [5, 5.41) is 5.28. The molecule has 2 aromatic rings. The van der Waals surface area contributed by atoms with Crippen LogP contribution in [0.2, 0.25) is 0 Å². The van der Waals surface area contributed by atoms with E-state index in [-0.39, 0.29) is 11.8 Å². The number of aromatic nitrogens is 2. The molecule has 1 saturated heterocycles. The SMILES string of the molecule is CCc1cccc(OC2CN(C(=O)c3cc(C(F)(F)F)[nH]n3)C2)c1. The summed E-state index contributed by atoms with van der Waals surface area (Å²) in [5.74, 6) is 0.189. The summed E-state index contributed by atoms with van der Waals surface area (Å²) >= 11 is 0. The summed E-state index contributed by atoms with van der Waals surface area (Å²) in [4.78, 5) is 13.5. The van der Waals surface area contributed by atoms with E-state index in [9.17, 15) is 18.0 Å². The largest absolute Gasteiger partial charge is 0.487 e. The van der Waals surface area contributed by atoms with E-state index in [0.29, 0.717) is 13.1 Å². The van der Waals surface area contributed by atoms with E-state index < -0.39 is 17.8 Å². The molecule has 3 rings (SSSR count). The van der Waals surface area contributed by atoms with E-state index in [1.165, 1.54) is 4.90 Å². The summed E-state index contributed by atoms with van der Waals surface area (Å²) in [6, 6.07) is 8.40. The first-order valence-corrected chi connectivity index (χ1v) is 7.54. The quantitative estimate of drug-likeness (QED) is 0.932. The third-order valence-electron chi connectivity index (χ3n) is 3.85. The second-order valence-electron chi connectivity index (χ2n) is 5.62. The fourth-order valence-corrected chi connectivity index (χ4v) is 2.45. The van der Waals surface area contributed by atoms with E-state index >= 15 is 0 Å². The topological polar surface area (TPSA) is 58.2 Å². The average Bonchev–Trinajstić information content (AvgIpc) is 3.00. The van der Waals surface area contributed by atoms with Gasteiger partial charge in [0.25, 0.3) is 5.91 Å². The van der Waals surface area contributed by atoms with Crippen molar-refractivity contribution < 1.29 is 22.7 Å². The number of amides is 1. The van der Waals surface area contributed by atoms with Crippen LogP contribution < -0.4 is 4.74 Å². The summed E-state index contributed by atoms with van der Waals surface area (Å²) in [5.41, 5.74) is -0.125. The lowest BCUT2D eigenvalue weighted by Crippen LogP contribution is -2.56. The Labute approximate surface area is 136 Å². The first-order chi connectivity index (χ1) is 11.4. The Morgan fingerprint density at radius 3 is 2.75 bits per heavy atom. The van der Waals surface area contributed by atoms with E-state index in [2.05, 4.69) is 5.10 Å². The molecule has 1 aliphatic heterocycles. The number of hydrogen-bond acceptors (Lipinski definition) is 3. The molecule has 5 nitrogen and oxygen atoms in total. The number of H-pyrrole nitrogens is 1. The molecule has 0 bridgehead atoms. The number of benzene rings is 1. The summed E-state index contributed by atoms with van der Waals surface area (Å²) in [6.45, 7) is 2.69. The van der Waals surface area contributed by atoms with Gasteiger partial charge < -0.3 is 9.64 Å². The molecule has 1 aromatic heterocycles. The summed E-state index contributed by atoms with van der Waals surface area (Å²) in [6.07, 6.45) is -3.81. The van der Waals surface area contributed by atoms with Gasteiger partial charge in [-0.15, -0.1) is 0 Å². The van der Waals surface area contributed by atoms with Crippen LogP contribution in [0.1, 0.15) is 28.7 Å². The number of halogens is 3. The van der Waals surface area contributed by atoms with Gasteiger partial charge >= 0.3 is 6.18 Å². The van der Waals surface area contributed by atoms with E-state index in [1.807, 2.05) is 36.3 Å². The van der Waals surface area contributed by atoms with Crippen molar-refractivity contribution >= 4 is 5.91 Å². The van der Waals surface area contributed by atoms with E-state index in [0.717, 1.165) is 23.8 Å². The van der Waals surface area contributed by atoms with E-state index in [4.69, 9.17) is 4.74 Å². The number of rotatable bonds is 4. The van der Waals surface area contributed by atoms with Crippen molar-refractivity contribution in [3.63, 3.8) is 0 Å². The van der Waals surface area contributed by atoms with E-state index in [1.54, 1.807) is 0 Å². The highest BCUT2D eigenvalue weighted by molar-refractivity contribution is 5.93. The number of carbonyl (C=O) groups excluding carboxylic acids is 1. The van der Waals surface area contributed by atoms with Gasteiger partial charge in [-0.3, -0.25) is 9.89 Å². The molecule has 0 radical (unpaired) electrons. The minimum atomic E-state index is -4.55. The van der Waals surface area contributed by atoms with Crippen molar-refractivity contribution in [2.45, 2.75) is 25.6 Å². The zero-order chi connectivity index (χ0) is 17.3. The zero-order valence-electron chi connectivity index (χ0n) is 12.9. The Morgan fingerprint density at radius 1 is 1.38 bits per heavy atom. The normalized spacial score (nSPS) is 15.2. The van der Waals surface area contributed by atoms with Crippen LogP contribution in [0.25, 0.3) is 0 Å². The molecule has 1 N–H and O–H groups in total. The molecule has 2 heterocycles. The highest BCUT2D eigenvalue weighted by Gasteiger charge is 2.37. The van der Waals surface area contributed by atoms with Gasteiger partial charge in [0.05, 0.1) is 13.1 Å². The van der Waals surface area contributed by atoms with Crippen LogP contribution in [-0.2, 0) is 12.6 Å². The van der Waals surface area contributed by atoms with Crippen molar-refractivity contribution in [1.29, 1.82) is 0 Å². The third kappa shape index (κ3) is 3.37. The first kappa shape index (κ1) is 16.4. The molecule has 0 aliphatic carbocycles. The molecule has 8 heteroatoms. The van der Waals surface area contributed by atoms with Crippen molar-refractivity contribution in [2.24, 2.45) is 0 Å². The number of ether oxygens (including phenoxy) is 1. The number of nitrogens with zero attached hydrogens (tertiary/aromatic N) is 2. The minimum Gasteiger partial charge on any atom is -0.487 e. The lowest BCUT2D eigenvalue weighted by molar-refractivity contribution is -0.141. The molecule has 1 fully saturated rings. The third-order valence-corrected chi connectivity index (χ3v) is 3.85. The Kier molecular flexibility index (Phi) is 4.21. The van der Waals surface area contributed by atoms with Crippen molar-refractivity contribution in [2.75, 3.05) is 13.1 Å². The van der Waals surface area contributed by atoms with Gasteiger partial charge in [0.15, 0.2) is 5.69 Å². The van der Waals surface area contributed by atoms with Crippen LogP contribution >= 0.6 is 0 Å². The van der Waals surface area contributed by atoms with Gasteiger partial charge in [-0.25, -0.2) is 0 Å². The van der Waals surface area contributed by atoms with Crippen molar-refractivity contribution in [1.82, 2.24) is 15.1 Å². The smallest absolute Gasteiger partial charge is 0.432 e. The van der Waals surface area contributed by atoms with Crippen molar-refractivity contribution in [3.05, 3.63) is 47.3 Å². The van der Waals surface area contributed by atoms with Gasteiger partial charge in [0.2, 0.25) is 0 Å². The van der Waals surface area contributed by atoms with Crippen LogP contribution in [-0.4, -0.2) is 40.2 Å². The molecule has 1 aliphatic rings. The predicted molar refractivity (Wildman–Crippen MR) is 79.7 cm³/mol. The molecule has 0 saturated carbocycles. The second-order valence-corrected chi connectivity index (χ2v) is 5.62. The highest BCUT2D eigenvalue weighted by Crippen LogP contribution is 2.28. The monoisotopic (exact) mass is 339 g/mol. The predicted octanol–water partition coefficient (Wildman–Crippen LogP) is 2.89. The Morgan fingerprint density at radius 2 is 2.12 bits per heavy atom. The molecular formula is C16H16F3N3O2. The lowest BCUT2D eigenvalue weighted by atomic mass is 10.1. The van der Waals surface area contributed by atoms with Crippen LogP contribution in [0, 0.1) is 0 Å². The minimum absolute atomic E-state index is 0.165. The molecule has 0 unspecified atom stereocenters. The number of likely N-dealkylation sites (tertiary alicyclic amines) is 1. The Balaban J connectivity index is 1.56. The van der Waals surface area contributed by atoms with Gasteiger partial charge in [-0.05, 0) is 24.1 Å². The molecule has 24 heavy (non-hydrogen) atoms. The molecule has 1 amide bonds. The molecule has 0 atom stereocenters. The number of nitrogens with one attached hydrogen (secondary N) is 1. The number of aryl methyl sites for hydroxylation is 1. The van der Waals surface area contributed by atoms with Gasteiger partial charge in [-0.1, -0.05) is 19.1 Å². The maximum Gasteiger partial charge on any atom is 0.432 e. The number of aromatic amines is 1. The number of alkyl halides is 3. The van der Waals surface area contributed by atoms with Crippen molar-refractivity contribution in [3.8, 4) is 5.75 Å². The number of carbonyl (C=O) groups is 1. The fraction of sp³-hybridized carbons (Fsp3) is 0.375. The highest BCUT2D eigenvalue weighted by atomic mass is 19.4. The molecule has 0 spiro atoms. The summed E-state index contributed by atoms with van der Waals surface area (Å²) < 4.78 is 43.3. The molecular weight excluding hydrogens is 323 g/mol. The second kappa shape index (κ2) is 6.18. The van der Waals surface area contributed by atoms with Gasteiger partial charge in [-0.2, -0.15) is 18.3 Å². The first-order valence-electron chi connectivity index (χ1n) is 7.54. The summed E-state index contributed by atoms with van der Waals surface area (Å²) in [7, 11) is 0. The molecule has 128 valence electrons. The number of hydrogen-bond donors (Lipinski definition) is 1. The van der Waals surface area contributed by atoms with Crippen LogP contribution in [0.15, 0.2) is 30.3 Å². The fourth-order valence-electron chi connectivity index (χ4n) is 2.45. The van der Waals surface area contributed by atoms with Gasteiger partial charge in [0.1, 0.15) is 17.5 Å². The van der Waals surface area contributed by atoms with Gasteiger partial charge in [0, 0.05) is 6.07 Å². The van der Waals surface area contributed by atoms with Crippen LogP contribution in [0.5, 0.6) is 5.75 Å². The lowest BCUT2D eigenvalue weighted by Gasteiger charge is -2.38. The Hall–Kier alpha value is -2.51. The maximum absolute atomic E-state index is 12.5. The van der Waals surface area contributed by atoms with Crippen LogP contribution in [0.4, 0.5) is 13.2 Å². The molecule has 1 aromatic carbocycles. The maximum atomic E-state index is 12.5.